The largest absolute Gasteiger partial charge is 0.457 e. The number of benzene rings is 2. The van der Waals surface area contributed by atoms with Gasteiger partial charge in [0.15, 0.2) is 9.84 Å². The maximum Gasteiger partial charge on any atom is 0.374 e. The third-order valence-electron chi connectivity index (χ3n) is 4.30. The molecule has 28 heavy (non-hydrogen) atoms. The second kappa shape index (κ2) is 7.61. The highest BCUT2D eigenvalue weighted by Gasteiger charge is 2.23. The normalized spacial score (nSPS) is 11.6. The number of fused-ring (bicyclic) bond motifs is 1. The van der Waals surface area contributed by atoms with Gasteiger partial charge >= 0.3 is 5.97 Å². The van der Waals surface area contributed by atoms with E-state index in [2.05, 4.69) is 0 Å². The van der Waals surface area contributed by atoms with E-state index in [4.69, 9.17) is 9.15 Å². The van der Waals surface area contributed by atoms with Crippen molar-refractivity contribution in [3.05, 3.63) is 89.2 Å². The number of sulfone groups is 1. The highest BCUT2D eigenvalue weighted by Crippen LogP contribution is 2.27. The molecule has 0 atom stereocenters. The van der Waals surface area contributed by atoms with Gasteiger partial charge in [-0.1, -0.05) is 36.4 Å². The summed E-state index contributed by atoms with van der Waals surface area (Å²) in [5.74, 6) is -1.10. The molecule has 0 unspecified atom stereocenters. The standard InChI is InChI=1S/C21H16O5S2/c22-21(26-12-16-13-27-19-9-5-4-8-18(16)19)20-15(10-11-25-20)14-28(23,24)17-6-2-1-3-7-17/h1-11,13H,12,14H2. The second-order valence-electron chi connectivity index (χ2n) is 6.18. The minimum Gasteiger partial charge on any atom is -0.457 e. The fourth-order valence-electron chi connectivity index (χ4n) is 2.90. The van der Waals surface area contributed by atoms with Crippen molar-refractivity contribution in [2.75, 3.05) is 0 Å². The van der Waals surface area contributed by atoms with Crippen molar-refractivity contribution in [3.63, 3.8) is 0 Å². The van der Waals surface area contributed by atoms with Crippen LogP contribution >= 0.6 is 11.3 Å². The zero-order valence-electron chi connectivity index (χ0n) is 14.7. The van der Waals surface area contributed by atoms with Crippen molar-refractivity contribution in [1.29, 1.82) is 0 Å². The number of hydrogen-bond donors (Lipinski definition) is 0. The first-order valence-corrected chi connectivity index (χ1v) is 11.0. The lowest BCUT2D eigenvalue weighted by molar-refractivity contribution is 0.0437. The van der Waals surface area contributed by atoms with Gasteiger partial charge in [-0.2, -0.15) is 0 Å². The molecule has 2 aromatic carbocycles. The van der Waals surface area contributed by atoms with E-state index in [-0.39, 0.29) is 28.6 Å². The minimum atomic E-state index is -3.59. The summed E-state index contributed by atoms with van der Waals surface area (Å²) in [7, 11) is -3.59. The Hall–Kier alpha value is -2.90. The van der Waals surface area contributed by atoms with E-state index >= 15 is 0 Å². The summed E-state index contributed by atoms with van der Waals surface area (Å²) < 4.78 is 36.9. The van der Waals surface area contributed by atoms with Crippen molar-refractivity contribution in [3.8, 4) is 0 Å². The van der Waals surface area contributed by atoms with Gasteiger partial charge in [0.25, 0.3) is 0 Å². The fourth-order valence-corrected chi connectivity index (χ4v) is 5.22. The molecule has 5 nitrogen and oxygen atoms in total. The van der Waals surface area contributed by atoms with Crippen molar-refractivity contribution in [1.82, 2.24) is 0 Å². The fraction of sp³-hybridized carbons (Fsp3) is 0.0952. The smallest absolute Gasteiger partial charge is 0.374 e. The van der Waals surface area contributed by atoms with Crippen molar-refractivity contribution in [2.45, 2.75) is 17.3 Å². The molecule has 2 heterocycles. The highest BCUT2D eigenvalue weighted by molar-refractivity contribution is 7.90. The Balaban J connectivity index is 1.50. The zero-order valence-corrected chi connectivity index (χ0v) is 16.3. The van der Waals surface area contributed by atoms with E-state index in [9.17, 15) is 13.2 Å². The molecule has 0 aliphatic heterocycles. The van der Waals surface area contributed by atoms with Crippen molar-refractivity contribution >= 4 is 37.2 Å². The summed E-state index contributed by atoms with van der Waals surface area (Å²) in [5.41, 5.74) is 1.18. The van der Waals surface area contributed by atoms with Gasteiger partial charge in [-0.05, 0) is 35.0 Å². The molecule has 0 aliphatic rings. The quantitative estimate of drug-likeness (QED) is 0.424. The molecule has 0 aliphatic carbocycles. The average Bonchev–Trinajstić information content (AvgIpc) is 3.33. The topological polar surface area (TPSA) is 73.6 Å². The number of esters is 1. The van der Waals surface area contributed by atoms with Gasteiger partial charge in [0.2, 0.25) is 5.76 Å². The summed E-state index contributed by atoms with van der Waals surface area (Å²) in [4.78, 5) is 12.7. The lowest BCUT2D eigenvalue weighted by atomic mass is 10.2. The van der Waals surface area contributed by atoms with E-state index in [0.29, 0.717) is 0 Å². The van der Waals surface area contributed by atoms with Crippen LogP contribution in [0.25, 0.3) is 10.1 Å². The average molecular weight is 412 g/mol. The molecule has 4 rings (SSSR count). The van der Waals surface area contributed by atoms with Crippen LogP contribution in [0.2, 0.25) is 0 Å². The summed E-state index contributed by atoms with van der Waals surface area (Å²) in [6.45, 7) is 0.0917. The first-order valence-electron chi connectivity index (χ1n) is 8.51. The molecule has 0 N–H and O–H groups in total. The van der Waals surface area contributed by atoms with Crippen molar-refractivity contribution in [2.24, 2.45) is 0 Å². The number of furan rings is 1. The summed E-state index contributed by atoms with van der Waals surface area (Å²) >= 11 is 1.58. The Morgan fingerprint density at radius 3 is 2.54 bits per heavy atom. The first kappa shape index (κ1) is 18.5. The number of carbonyl (C=O) groups is 1. The molecule has 0 radical (unpaired) electrons. The van der Waals surface area contributed by atoms with Crippen LogP contribution in [0.1, 0.15) is 21.7 Å². The van der Waals surface area contributed by atoms with Crippen LogP contribution in [0.15, 0.2) is 81.6 Å². The molecule has 0 spiro atoms. The third kappa shape index (κ3) is 3.72. The maximum atomic E-state index is 12.6. The van der Waals surface area contributed by atoms with E-state index in [1.165, 1.54) is 24.5 Å². The number of rotatable bonds is 6. The molecule has 7 heteroatoms. The Morgan fingerprint density at radius 2 is 1.71 bits per heavy atom. The van der Waals surface area contributed by atoms with Crippen LogP contribution in [-0.2, 0) is 26.9 Å². The number of carbonyl (C=O) groups excluding carboxylic acids is 1. The number of hydrogen-bond acceptors (Lipinski definition) is 6. The van der Waals surface area contributed by atoms with Gasteiger partial charge in [-0.3, -0.25) is 0 Å². The SMILES string of the molecule is O=C(OCc1csc2ccccc12)c1occc1CS(=O)(=O)c1ccccc1. The Morgan fingerprint density at radius 1 is 0.964 bits per heavy atom. The van der Waals surface area contributed by atoms with E-state index in [0.717, 1.165) is 15.6 Å². The first-order chi connectivity index (χ1) is 13.5. The molecule has 2 aromatic heterocycles. The van der Waals surface area contributed by atoms with Gasteiger partial charge in [-0.25, -0.2) is 13.2 Å². The van der Waals surface area contributed by atoms with Gasteiger partial charge < -0.3 is 9.15 Å². The molecule has 0 saturated heterocycles. The predicted molar refractivity (Wildman–Crippen MR) is 107 cm³/mol. The Kier molecular flexibility index (Phi) is 5.02. The monoisotopic (exact) mass is 412 g/mol. The van der Waals surface area contributed by atoms with Gasteiger partial charge in [0.1, 0.15) is 6.61 Å². The van der Waals surface area contributed by atoms with Crippen LogP contribution in [0.5, 0.6) is 0 Å². The highest BCUT2D eigenvalue weighted by atomic mass is 32.2. The van der Waals surface area contributed by atoms with Crippen LogP contribution < -0.4 is 0 Å². The minimum absolute atomic E-state index is 0.0842. The molecule has 0 amide bonds. The van der Waals surface area contributed by atoms with Crippen LogP contribution in [-0.4, -0.2) is 14.4 Å². The van der Waals surface area contributed by atoms with E-state index < -0.39 is 15.8 Å². The second-order valence-corrected chi connectivity index (χ2v) is 9.08. The molecule has 0 fully saturated rings. The van der Waals surface area contributed by atoms with Crippen molar-refractivity contribution < 1.29 is 22.4 Å². The zero-order chi connectivity index (χ0) is 19.6. The lowest BCUT2D eigenvalue weighted by Gasteiger charge is -2.06. The molecule has 0 bridgehead atoms. The predicted octanol–water partition coefficient (Wildman–Crippen LogP) is 4.83. The molecular weight excluding hydrogens is 396 g/mol. The van der Waals surface area contributed by atoms with Crippen LogP contribution in [0, 0.1) is 0 Å². The molecule has 142 valence electrons. The van der Waals surface area contributed by atoms with Crippen LogP contribution in [0.4, 0.5) is 0 Å². The third-order valence-corrected chi connectivity index (χ3v) is 6.99. The number of ether oxygens (including phenoxy) is 1. The maximum absolute atomic E-state index is 12.6. The Bertz CT molecular complexity index is 1220. The Labute approximate surface area is 166 Å². The summed E-state index contributed by atoms with van der Waals surface area (Å²) in [6.07, 6.45) is 1.30. The van der Waals surface area contributed by atoms with E-state index in [1.54, 1.807) is 29.5 Å². The van der Waals surface area contributed by atoms with Gasteiger partial charge in [-0.15, -0.1) is 11.3 Å². The molecule has 0 saturated carbocycles. The lowest BCUT2D eigenvalue weighted by Crippen LogP contribution is -2.10. The molecular formula is C21H16O5S2. The molecule has 4 aromatic rings. The summed E-state index contributed by atoms with van der Waals surface area (Å²) in [5, 5.41) is 2.98. The van der Waals surface area contributed by atoms with Gasteiger partial charge in [0, 0.05) is 15.8 Å². The van der Waals surface area contributed by atoms with Gasteiger partial charge in [0.05, 0.1) is 16.9 Å². The van der Waals surface area contributed by atoms with Crippen LogP contribution in [0.3, 0.4) is 0 Å². The summed E-state index contributed by atoms with van der Waals surface area (Å²) in [6, 6.07) is 17.4. The van der Waals surface area contributed by atoms with E-state index in [1.807, 2.05) is 29.6 Å². The number of thiophene rings is 1.